The molecule has 0 saturated carbocycles. The molecule has 0 aliphatic carbocycles. The molecule has 0 atom stereocenters. The van der Waals surface area contributed by atoms with Crippen LogP contribution in [0.2, 0.25) is 0 Å². The van der Waals surface area contributed by atoms with Crippen molar-refractivity contribution in [1.29, 1.82) is 5.26 Å². The molecule has 1 aromatic heterocycles. The summed E-state index contributed by atoms with van der Waals surface area (Å²) < 4.78 is 2.19. The molecule has 0 unspecified atom stereocenters. The molecule has 4 heteroatoms. The fraction of sp³-hybridized carbons (Fsp3) is 0.444. The molecule has 0 fully saturated rings. The number of aromatic nitrogens is 2. The van der Waals surface area contributed by atoms with Crippen LogP contribution in [0.5, 0.6) is 0 Å². The molecule has 2 aromatic rings. The summed E-state index contributed by atoms with van der Waals surface area (Å²) in [7, 11) is 0. The summed E-state index contributed by atoms with van der Waals surface area (Å²) in [5.74, 6) is 1.47. The summed E-state index contributed by atoms with van der Waals surface area (Å²) in [6.07, 6.45) is 3.08. The van der Waals surface area contributed by atoms with Crippen molar-refractivity contribution in [2.75, 3.05) is 5.73 Å². The zero-order valence-corrected chi connectivity index (χ0v) is 13.6. The van der Waals surface area contributed by atoms with Crippen molar-refractivity contribution in [1.82, 2.24) is 9.55 Å². The van der Waals surface area contributed by atoms with Crippen LogP contribution in [0.1, 0.15) is 45.1 Å². The van der Waals surface area contributed by atoms with Crippen LogP contribution in [0.25, 0.3) is 11.3 Å². The quantitative estimate of drug-likeness (QED) is 0.819. The minimum atomic E-state index is 0.477. The molecule has 2 N–H and O–H groups in total. The van der Waals surface area contributed by atoms with Gasteiger partial charge in [0.1, 0.15) is 11.9 Å². The molecule has 116 valence electrons. The predicted octanol–water partition coefficient (Wildman–Crippen LogP) is 4.00. The Morgan fingerprint density at radius 2 is 2.05 bits per heavy atom. The van der Waals surface area contributed by atoms with E-state index in [1.165, 1.54) is 0 Å². The molecule has 0 bridgehead atoms. The first-order valence-corrected chi connectivity index (χ1v) is 7.92. The Hall–Kier alpha value is -2.28. The van der Waals surface area contributed by atoms with E-state index in [0.717, 1.165) is 42.9 Å². The molecule has 0 spiro atoms. The van der Waals surface area contributed by atoms with Gasteiger partial charge in [0.25, 0.3) is 0 Å². The molecule has 4 nitrogen and oxygen atoms in total. The number of benzene rings is 1. The van der Waals surface area contributed by atoms with Crippen molar-refractivity contribution in [2.24, 2.45) is 5.92 Å². The first-order chi connectivity index (χ1) is 10.6. The highest BCUT2D eigenvalue weighted by Gasteiger charge is 2.20. The third-order valence-electron chi connectivity index (χ3n) is 3.67. The second-order valence-electron chi connectivity index (χ2n) is 6.03. The Kier molecular flexibility index (Phi) is 5.21. The van der Waals surface area contributed by atoms with Crippen LogP contribution in [-0.4, -0.2) is 9.55 Å². The SMILES string of the molecule is CCCCc1nc(C#N)c(-c2ccccc2N)n1CC(C)C. The number of rotatable bonds is 6. The minimum Gasteiger partial charge on any atom is -0.398 e. The van der Waals surface area contributed by atoms with Gasteiger partial charge in [-0.15, -0.1) is 0 Å². The van der Waals surface area contributed by atoms with Crippen molar-refractivity contribution in [2.45, 2.75) is 46.6 Å². The zero-order valence-electron chi connectivity index (χ0n) is 13.6. The molecule has 0 amide bonds. The second kappa shape index (κ2) is 7.13. The van der Waals surface area contributed by atoms with Gasteiger partial charge in [0, 0.05) is 24.2 Å². The maximum absolute atomic E-state index is 9.50. The van der Waals surface area contributed by atoms with Crippen LogP contribution in [-0.2, 0) is 13.0 Å². The van der Waals surface area contributed by atoms with Gasteiger partial charge in [0.05, 0.1) is 5.69 Å². The Balaban J connectivity index is 2.62. The van der Waals surface area contributed by atoms with Gasteiger partial charge in [-0.2, -0.15) is 5.26 Å². The Labute approximate surface area is 132 Å². The maximum Gasteiger partial charge on any atom is 0.166 e. The van der Waals surface area contributed by atoms with Crippen LogP contribution in [0.4, 0.5) is 5.69 Å². The number of hydrogen-bond donors (Lipinski definition) is 1. The lowest BCUT2D eigenvalue weighted by Gasteiger charge is -2.15. The van der Waals surface area contributed by atoms with Gasteiger partial charge in [-0.3, -0.25) is 0 Å². The average Bonchev–Trinajstić information content (AvgIpc) is 2.82. The average molecular weight is 296 g/mol. The van der Waals surface area contributed by atoms with E-state index in [1.54, 1.807) is 0 Å². The first kappa shape index (κ1) is 16.1. The summed E-state index contributed by atoms with van der Waals surface area (Å²) >= 11 is 0. The van der Waals surface area contributed by atoms with E-state index in [9.17, 15) is 5.26 Å². The standard InChI is InChI=1S/C18H24N4/c1-4-5-10-17-21-16(11-19)18(22(17)12-13(2)3)14-8-6-7-9-15(14)20/h6-9,13H,4-5,10,12,20H2,1-3H3. The summed E-state index contributed by atoms with van der Waals surface area (Å²) in [5.41, 5.74) is 9.06. The van der Waals surface area contributed by atoms with Crippen molar-refractivity contribution >= 4 is 5.69 Å². The number of unbranched alkanes of at least 4 members (excludes halogenated alkanes) is 1. The normalized spacial score (nSPS) is 10.9. The molecule has 0 saturated heterocycles. The summed E-state index contributed by atoms with van der Waals surface area (Å²) in [6.45, 7) is 7.36. The highest BCUT2D eigenvalue weighted by molar-refractivity contribution is 5.77. The van der Waals surface area contributed by atoms with Gasteiger partial charge < -0.3 is 10.3 Å². The lowest BCUT2D eigenvalue weighted by Crippen LogP contribution is -2.11. The number of nitrogens with zero attached hydrogens (tertiary/aromatic N) is 3. The van der Waals surface area contributed by atoms with E-state index in [0.29, 0.717) is 17.3 Å². The zero-order chi connectivity index (χ0) is 16.1. The monoisotopic (exact) mass is 296 g/mol. The fourth-order valence-electron chi connectivity index (χ4n) is 2.65. The van der Waals surface area contributed by atoms with Crippen LogP contribution >= 0.6 is 0 Å². The Bertz CT molecular complexity index is 677. The number of aryl methyl sites for hydroxylation is 1. The van der Waals surface area contributed by atoms with E-state index in [4.69, 9.17) is 5.73 Å². The number of imidazole rings is 1. The van der Waals surface area contributed by atoms with Crippen LogP contribution in [0, 0.1) is 17.2 Å². The number of para-hydroxylation sites is 1. The first-order valence-electron chi connectivity index (χ1n) is 7.92. The molecule has 2 rings (SSSR count). The van der Waals surface area contributed by atoms with Crippen LogP contribution in [0.3, 0.4) is 0 Å². The van der Waals surface area contributed by atoms with Crippen LogP contribution in [0.15, 0.2) is 24.3 Å². The van der Waals surface area contributed by atoms with Gasteiger partial charge in [-0.05, 0) is 18.4 Å². The minimum absolute atomic E-state index is 0.477. The maximum atomic E-state index is 9.50. The molecular weight excluding hydrogens is 272 g/mol. The number of nitrogens with two attached hydrogens (primary N) is 1. The third-order valence-corrected chi connectivity index (χ3v) is 3.67. The predicted molar refractivity (Wildman–Crippen MR) is 90.2 cm³/mol. The molecule has 0 radical (unpaired) electrons. The largest absolute Gasteiger partial charge is 0.398 e. The number of nitrogen functional groups attached to an aromatic ring is 1. The second-order valence-corrected chi connectivity index (χ2v) is 6.03. The fourth-order valence-corrected chi connectivity index (χ4v) is 2.65. The van der Waals surface area contributed by atoms with E-state index < -0.39 is 0 Å². The summed E-state index contributed by atoms with van der Waals surface area (Å²) in [4.78, 5) is 4.58. The van der Waals surface area contributed by atoms with Gasteiger partial charge in [-0.1, -0.05) is 45.4 Å². The molecule has 22 heavy (non-hydrogen) atoms. The number of nitriles is 1. The molecule has 0 aliphatic rings. The summed E-state index contributed by atoms with van der Waals surface area (Å²) in [6, 6.07) is 9.94. The van der Waals surface area contributed by atoms with Crippen molar-refractivity contribution in [3.63, 3.8) is 0 Å². The summed E-state index contributed by atoms with van der Waals surface area (Å²) in [5, 5.41) is 9.50. The highest BCUT2D eigenvalue weighted by atomic mass is 15.1. The highest BCUT2D eigenvalue weighted by Crippen LogP contribution is 2.31. The lowest BCUT2D eigenvalue weighted by molar-refractivity contribution is 0.506. The molecular formula is C18H24N4. The van der Waals surface area contributed by atoms with E-state index in [2.05, 4.69) is 36.4 Å². The molecule has 0 aliphatic heterocycles. The molecule has 1 heterocycles. The van der Waals surface area contributed by atoms with E-state index in [1.807, 2.05) is 24.3 Å². The van der Waals surface area contributed by atoms with E-state index in [-0.39, 0.29) is 0 Å². The molecule has 1 aromatic carbocycles. The van der Waals surface area contributed by atoms with Crippen molar-refractivity contribution in [3.05, 3.63) is 35.8 Å². The Morgan fingerprint density at radius 3 is 2.64 bits per heavy atom. The van der Waals surface area contributed by atoms with Crippen LogP contribution < -0.4 is 5.73 Å². The van der Waals surface area contributed by atoms with Gasteiger partial charge in [0.15, 0.2) is 5.69 Å². The van der Waals surface area contributed by atoms with E-state index >= 15 is 0 Å². The van der Waals surface area contributed by atoms with Gasteiger partial charge in [-0.25, -0.2) is 4.98 Å². The lowest BCUT2D eigenvalue weighted by atomic mass is 10.1. The third kappa shape index (κ3) is 3.30. The number of anilines is 1. The van der Waals surface area contributed by atoms with Crippen molar-refractivity contribution < 1.29 is 0 Å². The topological polar surface area (TPSA) is 67.6 Å². The smallest absolute Gasteiger partial charge is 0.166 e. The van der Waals surface area contributed by atoms with Gasteiger partial charge >= 0.3 is 0 Å². The van der Waals surface area contributed by atoms with Gasteiger partial charge in [0.2, 0.25) is 0 Å². The van der Waals surface area contributed by atoms with Crippen molar-refractivity contribution in [3.8, 4) is 17.3 Å². The Morgan fingerprint density at radius 1 is 1.32 bits per heavy atom. The number of hydrogen-bond acceptors (Lipinski definition) is 3.